The van der Waals surface area contributed by atoms with Crippen LogP contribution in [0.5, 0.6) is 5.75 Å². The molecule has 0 saturated heterocycles. The molecule has 0 aromatic heterocycles. The molecule has 0 amide bonds. The number of benzene rings is 1. The number of carbonyl (C=O) groups excluding carboxylic acids is 1. The van der Waals surface area contributed by atoms with Crippen molar-refractivity contribution >= 4 is 5.78 Å². The van der Waals surface area contributed by atoms with Crippen molar-refractivity contribution in [2.45, 2.75) is 47.1 Å². The highest BCUT2D eigenvalue weighted by Gasteiger charge is 2.20. The van der Waals surface area contributed by atoms with Crippen molar-refractivity contribution in [1.82, 2.24) is 0 Å². The maximum absolute atomic E-state index is 12.0. The van der Waals surface area contributed by atoms with Gasteiger partial charge in [-0.3, -0.25) is 4.79 Å². The Morgan fingerprint density at radius 1 is 1.20 bits per heavy atom. The third-order valence-electron chi connectivity index (χ3n) is 3.56. The number of hydrogen-bond donors (Lipinski definition) is 1. The number of nitrogens with two attached hydrogens (primary N) is 1. The molecule has 1 unspecified atom stereocenters. The Labute approximate surface area is 122 Å². The Kier molecular flexibility index (Phi) is 6.21. The highest BCUT2D eigenvalue weighted by atomic mass is 16.5. The van der Waals surface area contributed by atoms with E-state index in [0.717, 1.165) is 16.9 Å². The third kappa shape index (κ3) is 4.64. The lowest BCUT2D eigenvalue weighted by Crippen LogP contribution is -2.36. The predicted octanol–water partition coefficient (Wildman–Crippen LogP) is 3.26. The minimum absolute atomic E-state index is 0.123. The minimum atomic E-state index is -0.363. The second kappa shape index (κ2) is 7.44. The molecule has 2 atom stereocenters. The summed E-state index contributed by atoms with van der Waals surface area (Å²) in [4.78, 5) is 12.0. The van der Waals surface area contributed by atoms with E-state index in [1.807, 2.05) is 52.8 Å². The molecule has 3 nitrogen and oxygen atoms in total. The Morgan fingerprint density at radius 2 is 1.75 bits per heavy atom. The highest BCUT2D eigenvalue weighted by molar-refractivity contribution is 5.84. The standard InChI is InChI=1S/C17H27NO2/c1-11(2)16(18)15(19)9-12(3)10-20-17-13(4)7-6-8-14(17)5/h6-8,11-12,16H,9-10,18H2,1-5H3/t12?,16-/m1/s1. The molecule has 1 aromatic rings. The fraction of sp³-hybridized carbons (Fsp3) is 0.588. The molecule has 0 radical (unpaired) electrons. The van der Waals surface area contributed by atoms with Crippen LogP contribution < -0.4 is 10.5 Å². The van der Waals surface area contributed by atoms with Crippen molar-refractivity contribution in [1.29, 1.82) is 0 Å². The first-order valence-electron chi connectivity index (χ1n) is 7.30. The Balaban J connectivity index is 2.52. The van der Waals surface area contributed by atoms with Gasteiger partial charge in [0, 0.05) is 6.42 Å². The molecule has 0 aliphatic rings. The van der Waals surface area contributed by atoms with E-state index in [0.29, 0.717) is 13.0 Å². The number of aryl methyl sites for hydroxylation is 2. The van der Waals surface area contributed by atoms with E-state index in [1.54, 1.807) is 0 Å². The Morgan fingerprint density at radius 3 is 2.25 bits per heavy atom. The smallest absolute Gasteiger partial charge is 0.150 e. The van der Waals surface area contributed by atoms with Crippen LogP contribution in [0.4, 0.5) is 0 Å². The average Bonchev–Trinajstić information content (AvgIpc) is 2.36. The molecule has 1 aromatic carbocycles. The monoisotopic (exact) mass is 277 g/mol. The summed E-state index contributed by atoms with van der Waals surface area (Å²) in [7, 11) is 0. The molecule has 3 heteroatoms. The molecule has 0 fully saturated rings. The van der Waals surface area contributed by atoms with Crippen LogP contribution in [0.3, 0.4) is 0 Å². The van der Waals surface area contributed by atoms with E-state index in [4.69, 9.17) is 10.5 Å². The van der Waals surface area contributed by atoms with Crippen molar-refractivity contribution in [3.63, 3.8) is 0 Å². The van der Waals surface area contributed by atoms with Crippen LogP contribution in [-0.4, -0.2) is 18.4 Å². The summed E-state index contributed by atoms with van der Waals surface area (Å²) in [6, 6.07) is 5.73. The number of rotatable bonds is 7. The van der Waals surface area contributed by atoms with Gasteiger partial charge in [0.1, 0.15) is 11.5 Å². The molecule has 20 heavy (non-hydrogen) atoms. The van der Waals surface area contributed by atoms with Gasteiger partial charge in [0.15, 0.2) is 0 Å². The van der Waals surface area contributed by atoms with Crippen molar-refractivity contribution in [3.8, 4) is 5.75 Å². The lowest BCUT2D eigenvalue weighted by Gasteiger charge is -2.19. The maximum Gasteiger partial charge on any atom is 0.150 e. The molecular formula is C17H27NO2. The van der Waals surface area contributed by atoms with Crippen LogP contribution in [0.25, 0.3) is 0 Å². The molecule has 112 valence electrons. The van der Waals surface area contributed by atoms with Gasteiger partial charge >= 0.3 is 0 Å². The van der Waals surface area contributed by atoms with E-state index < -0.39 is 0 Å². The topological polar surface area (TPSA) is 52.3 Å². The van der Waals surface area contributed by atoms with Crippen LogP contribution in [0, 0.1) is 25.7 Å². The van der Waals surface area contributed by atoms with Crippen molar-refractivity contribution in [3.05, 3.63) is 29.3 Å². The first kappa shape index (κ1) is 16.7. The second-order valence-electron chi connectivity index (χ2n) is 6.08. The molecule has 0 spiro atoms. The van der Waals surface area contributed by atoms with Crippen molar-refractivity contribution in [2.75, 3.05) is 6.61 Å². The lowest BCUT2D eigenvalue weighted by atomic mass is 9.94. The summed E-state index contributed by atoms with van der Waals surface area (Å²) < 4.78 is 5.88. The number of para-hydroxylation sites is 1. The lowest BCUT2D eigenvalue weighted by molar-refractivity contribution is -0.122. The third-order valence-corrected chi connectivity index (χ3v) is 3.56. The summed E-state index contributed by atoms with van der Waals surface area (Å²) in [6.45, 7) is 10.6. The van der Waals surface area contributed by atoms with Crippen LogP contribution in [-0.2, 0) is 4.79 Å². The molecule has 0 saturated carbocycles. The van der Waals surface area contributed by atoms with Gasteiger partial charge in [0.25, 0.3) is 0 Å². The van der Waals surface area contributed by atoms with Crippen molar-refractivity contribution in [2.24, 2.45) is 17.6 Å². The number of hydrogen-bond acceptors (Lipinski definition) is 3. The fourth-order valence-corrected chi connectivity index (χ4v) is 2.16. The summed E-state index contributed by atoms with van der Waals surface area (Å²) in [5, 5.41) is 0. The second-order valence-corrected chi connectivity index (χ2v) is 6.08. The summed E-state index contributed by atoms with van der Waals surface area (Å²) in [5.41, 5.74) is 8.13. The van der Waals surface area contributed by atoms with E-state index >= 15 is 0 Å². The largest absolute Gasteiger partial charge is 0.493 e. The predicted molar refractivity (Wildman–Crippen MR) is 83.0 cm³/mol. The van der Waals surface area contributed by atoms with E-state index in [-0.39, 0.29) is 23.7 Å². The number of Topliss-reactive ketones (excluding diaryl/α,β-unsaturated/α-hetero) is 1. The van der Waals surface area contributed by atoms with Gasteiger partial charge in [0.05, 0.1) is 12.6 Å². The average molecular weight is 277 g/mol. The molecule has 0 bridgehead atoms. The van der Waals surface area contributed by atoms with Crippen LogP contribution in [0.15, 0.2) is 18.2 Å². The fourth-order valence-electron chi connectivity index (χ4n) is 2.16. The number of ketones is 1. The van der Waals surface area contributed by atoms with Crippen LogP contribution in [0.1, 0.15) is 38.3 Å². The zero-order valence-electron chi connectivity index (χ0n) is 13.3. The maximum atomic E-state index is 12.0. The summed E-state index contributed by atoms with van der Waals surface area (Å²) >= 11 is 0. The van der Waals surface area contributed by atoms with Gasteiger partial charge in [0.2, 0.25) is 0 Å². The Hall–Kier alpha value is -1.35. The molecule has 0 heterocycles. The first-order valence-corrected chi connectivity index (χ1v) is 7.30. The van der Waals surface area contributed by atoms with Gasteiger partial charge in [-0.15, -0.1) is 0 Å². The minimum Gasteiger partial charge on any atom is -0.493 e. The number of ether oxygens (including phenoxy) is 1. The molecule has 2 N–H and O–H groups in total. The highest BCUT2D eigenvalue weighted by Crippen LogP contribution is 2.23. The zero-order chi connectivity index (χ0) is 15.3. The number of carbonyl (C=O) groups is 1. The van der Waals surface area contributed by atoms with E-state index in [2.05, 4.69) is 0 Å². The van der Waals surface area contributed by atoms with Gasteiger partial charge in [-0.05, 0) is 36.8 Å². The molecular weight excluding hydrogens is 250 g/mol. The SMILES string of the molecule is Cc1cccc(C)c1OCC(C)CC(=O)[C@H](N)C(C)C. The van der Waals surface area contributed by atoms with Gasteiger partial charge in [-0.2, -0.15) is 0 Å². The normalized spacial score (nSPS) is 14.2. The summed E-state index contributed by atoms with van der Waals surface area (Å²) in [5.74, 6) is 1.41. The molecule has 0 aliphatic heterocycles. The summed E-state index contributed by atoms with van der Waals surface area (Å²) in [6.07, 6.45) is 0.476. The Bertz CT molecular complexity index is 434. The van der Waals surface area contributed by atoms with Gasteiger partial charge in [-0.1, -0.05) is 39.0 Å². The van der Waals surface area contributed by atoms with Crippen LogP contribution >= 0.6 is 0 Å². The van der Waals surface area contributed by atoms with Gasteiger partial charge < -0.3 is 10.5 Å². The first-order chi connectivity index (χ1) is 9.32. The van der Waals surface area contributed by atoms with Crippen LogP contribution in [0.2, 0.25) is 0 Å². The van der Waals surface area contributed by atoms with Gasteiger partial charge in [-0.25, -0.2) is 0 Å². The zero-order valence-corrected chi connectivity index (χ0v) is 13.3. The van der Waals surface area contributed by atoms with E-state index in [9.17, 15) is 4.79 Å². The quantitative estimate of drug-likeness (QED) is 0.832. The van der Waals surface area contributed by atoms with E-state index in [1.165, 1.54) is 0 Å². The van der Waals surface area contributed by atoms with Crippen molar-refractivity contribution < 1.29 is 9.53 Å². The molecule has 0 aliphatic carbocycles. The molecule has 1 rings (SSSR count).